The minimum absolute atomic E-state index is 0.0428. The Hall–Kier alpha value is -1.09. The van der Waals surface area contributed by atoms with Gasteiger partial charge in [-0.15, -0.1) is 0 Å². The molecular formula is C21H32O3. The fourth-order valence-corrected chi connectivity index (χ4v) is 5.83. The summed E-state index contributed by atoms with van der Waals surface area (Å²) in [6.07, 6.45) is 10.7. The summed E-state index contributed by atoms with van der Waals surface area (Å²) in [6.45, 7) is 8.25. The Bertz CT molecular complexity index is 595. The van der Waals surface area contributed by atoms with E-state index in [1.807, 2.05) is 13.8 Å². The van der Waals surface area contributed by atoms with Gasteiger partial charge in [0.25, 0.3) is 0 Å². The third kappa shape index (κ3) is 2.56. The number of aliphatic hydroxyl groups is 1. The Morgan fingerprint density at radius 3 is 2.67 bits per heavy atom. The van der Waals surface area contributed by atoms with Gasteiger partial charge in [0, 0.05) is 0 Å². The van der Waals surface area contributed by atoms with E-state index in [1.54, 1.807) is 0 Å². The van der Waals surface area contributed by atoms with Crippen molar-refractivity contribution in [3.05, 3.63) is 23.3 Å². The summed E-state index contributed by atoms with van der Waals surface area (Å²) >= 11 is 0. The molecule has 0 amide bonds. The summed E-state index contributed by atoms with van der Waals surface area (Å²) in [5, 5.41) is 10.4. The largest absolute Gasteiger partial charge is 0.469 e. The van der Waals surface area contributed by atoms with Gasteiger partial charge in [0.15, 0.2) is 0 Å². The van der Waals surface area contributed by atoms with Gasteiger partial charge in [0.1, 0.15) is 0 Å². The molecule has 3 nitrogen and oxygen atoms in total. The molecule has 3 aliphatic carbocycles. The summed E-state index contributed by atoms with van der Waals surface area (Å²) in [5.74, 6) is 0.794. The van der Waals surface area contributed by atoms with Gasteiger partial charge in [-0.3, -0.25) is 4.79 Å². The Balaban J connectivity index is 1.99. The molecule has 0 spiro atoms. The third-order valence-electron chi connectivity index (χ3n) is 7.25. The number of rotatable bonds is 2. The van der Waals surface area contributed by atoms with Crippen molar-refractivity contribution in [3.63, 3.8) is 0 Å². The predicted octanol–water partition coefficient (Wildman–Crippen LogP) is 4.41. The second-order valence-electron chi connectivity index (χ2n) is 9.08. The first-order chi connectivity index (χ1) is 11.1. The molecule has 1 saturated carbocycles. The van der Waals surface area contributed by atoms with Crippen LogP contribution in [0.4, 0.5) is 0 Å². The monoisotopic (exact) mass is 332 g/mol. The third-order valence-corrected chi connectivity index (χ3v) is 7.25. The van der Waals surface area contributed by atoms with Gasteiger partial charge in [0.05, 0.1) is 18.1 Å². The Morgan fingerprint density at radius 1 is 1.33 bits per heavy atom. The van der Waals surface area contributed by atoms with Crippen molar-refractivity contribution in [2.45, 2.75) is 71.8 Å². The van der Waals surface area contributed by atoms with Crippen LogP contribution in [-0.4, -0.2) is 23.8 Å². The minimum atomic E-state index is -0.739. The topological polar surface area (TPSA) is 46.5 Å². The first-order valence-corrected chi connectivity index (χ1v) is 9.35. The van der Waals surface area contributed by atoms with Gasteiger partial charge in [-0.1, -0.05) is 25.5 Å². The van der Waals surface area contributed by atoms with E-state index in [1.165, 1.54) is 19.1 Å². The zero-order valence-electron chi connectivity index (χ0n) is 15.8. The molecule has 0 radical (unpaired) electrons. The van der Waals surface area contributed by atoms with Crippen molar-refractivity contribution in [1.29, 1.82) is 0 Å². The first kappa shape index (κ1) is 17.7. The average molecular weight is 332 g/mol. The fourth-order valence-electron chi connectivity index (χ4n) is 5.83. The number of fused-ring (bicyclic) bond motifs is 3. The van der Waals surface area contributed by atoms with Crippen LogP contribution in [0.5, 0.6) is 0 Å². The number of carbonyl (C=O) groups excluding carboxylic acids is 1. The molecular weight excluding hydrogens is 300 g/mol. The Morgan fingerprint density at radius 2 is 2.04 bits per heavy atom. The quantitative estimate of drug-likeness (QED) is 0.762. The molecule has 4 unspecified atom stereocenters. The molecule has 3 aliphatic rings. The standard InChI is InChI=1S/C21H32O3/c1-19(2,23)15-8-9-16-14(13-15)7-10-17-20(16,3)11-6-12-21(17,4)18(22)24-5/h7,13,16-17,23H,6,8-12H2,1-5H3. The molecule has 0 bridgehead atoms. The molecule has 0 heterocycles. The van der Waals surface area contributed by atoms with Crippen LogP contribution < -0.4 is 0 Å². The van der Waals surface area contributed by atoms with Gasteiger partial charge in [-0.2, -0.15) is 0 Å². The fraction of sp³-hybridized carbons (Fsp3) is 0.762. The van der Waals surface area contributed by atoms with Crippen LogP contribution in [-0.2, 0) is 9.53 Å². The zero-order chi connectivity index (χ0) is 17.8. The molecule has 24 heavy (non-hydrogen) atoms. The highest BCUT2D eigenvalue weighted by Crippen LogP contribution is 2.62. The number of hydrogen-bond donors (Lipinski definition) is 1. The SMILES string of the molecule is COC(=O)C1(C)CCCC2(C)C3CCC(C(C)(C)O)=CC3=CCC12. The van der Waals surface area contributed by atoms with Crippen molar-refractivity contribution >= 4 is 5.97 Å². The lowest BCUT2D eigenvalue weighted by molar-refractivity contribution is -0.166. The maximum atomic E-state index is 12.5. The van der Waals surface area contributed by atoms with E-state index in [2.05, 4.69) is 26.0 Å². The summed E-state index contributed by atoms with van der Waals surface area (Å²) < 4.78 is 5.18. The second kappa shape index (κ2) is 5.72. The molecule has 0 aromatic carbocycles. The number of esters is 1. The van der Waals surface area contributed by atoms with E-state index < -0.39 is 5.60 Å². The van der Waals surface area contributed by atoms with E-state index in [-0.39, 0.29) is 16.8 Å². The van der Waals surface area contributed by atoms with Crippen LogP contribution in [0.2, 0.25) is 0 Å². The zero-order valence-corrected chi connectivity index (χ0v) is 15.8. The average Bonchev–Trinajstić information content (AvgIpc) is 2.52. The Labute approximate surface area is 146 Å². The molecule has 0 aromatic rings. The maximum absolute atomic E-state index is 12.5. The van der Waals surface area contributed by atoms with Crippen LogP contribution >= 0.6 is 0 Å². The van der Waals surface area contributed by atoms with Crippen molar-refractivity contribution in [3.8, 4) is 0 Å². The lowest BCUT2D eigenvalue weighted by atomic mass is 9.47. The molecule has 1 N–H and O–H groups in total. The number of methoxy groups -OCH3 is 1. The molecule has 3 rings (SSSR count). The number of allylic oxidation sites excluding steroid dienone is 3. The Kier molecular flexibility index (Phi) is 4.23. The minimum Gasteiger partial charge on any atom is -0.469 e. The number of carbonyl (C=O) groups is 1. The molecule has 4 atom stereocenters. The van der Waals surface area contributed by atoms with E-state index in [0.717, 1.165) is 37.7 Å². The van der Waals surface area contributed by atoms with Crippen LogP contribution in [0.3, 0.4) is 0 Å². The lowest BCUT2D eigenvalue weighted by Crippen LogP contribution is -2.53. The molecule has 134 valence electrons. The van der Waals surface area contributed by atoms with E-state index in [0.29, 0.717) is 11.8 Å². The normalized spacial score (nSPS) is 39.2. The molecule has 0 aliphatic heterocycles. The van der Waals surface area contributed by atoms with Crippen LogP contribution in [0.1, 0.15) is 66.2 Å². The molecule has 0 aromatic heterocycles. The van der Waals surface area contributed by atoms with E-state index in [4.69, 9.17) is 4.74 Å². The second-order valence-corrected chi connectivity index (χ2v) is 9.08. The first-order valence-electron chi connectivity index (χ1n) is 9.35. The van der Waals surface area contributed by atoms with E-state index >= 15 is 0 Å². The summed E-state index contributed by atoms with van der Waals surface area (Å²) in [7, 11) is 1.52. The highest BCUT2D eigenvalue weighted by atomic mass is 16.5. The van der Waals surface area contributed by atoms with Crippen molar-refractivity contribution < 1.29 is 14.6 Å². The summed E-state index contributed by atoms with van der Waals surface area (Å²) in [4.78, 5) is 12.5. The van der Waals surface area contributed by atoms with Crippen molar-refractivity contribution in [1.82, 2.24) is 0 Å². The van der Waals surface area contributed by atoms with Gasteiger partial charge in [-0.05, 0) is 81.3 Å². The van der Waals surface area contributed by atoms with Gasteiger partial charge < -0.3 is 9.84 Å². The molecule has 1 fully saturated rings. The van der Waals surface area contributed by atoms with E-state index in [9.17, 15) is 9.90 Å². The van der Waals surface area contributed by atoms with Crippen molar-refractivity contribution in [2.24, 2.45) is 22.7 Å². The maximum Gasteiger partial charge on any atom is 0.311 e. The van der Waals surface area contributed by atoms with Crippen LogP contribution in [0, 0.1) is 22.7 Å². The van der Waals surface area contributed by atoms with Gasteiger partial charge in [0.2, 0.25) is 0 Å². The van der Waals surface area contributed by atoms with Gasteiger partial charge in [-0.25, -0.2) is 0 Å². The number of hydrogen-bond acceptors (Lipinski definition) is 3. The summed E-state index contributed by atoms with van der Waals surface area (Å²) in [5.41, 5.74) is 1.55. The van der Waals surface area contributed by atoms with Crippen LogP contribution in [0.25, 0.3) is 0 Å². The smallest absolute Gasteiger partial charge is 0.311 e. The molecule has 3 heteroatoms. The highest BCUT2D eigenvalue weighted by molar-refractivity contribution is 5.77. The lowest BCUT2D eigenvalue weighted by Gasteiger charge is -2.57. The number of ether oxygens (including phenoxy) is 1. The molecule has 0 saturated heterocycles. The summed E-state index contributed by atoms with van der Waals surface area (Å²) in [6, 6.07) is 0. The predicted molar refractivity (Wildman–Crippen MR) is 95.4 cm³/mol. The van der Waals surface area contributed by atoms with Gasteiger partial charge >= 0.3 is 5.97 Å². The van der Waals surface area contributed by atoms with Crippen molar-refractivity contribution in [2.75, 3.05) is 7.11 Å². The highest BCUT2D eigenvalue weighted by Gasteiger charge is 2.57. The van der Waals surface area contributed by atoms with Crippen LogP contribution in [0.15, 0.2) is 23.3 Å².